The Morgan fingerprint density at radius 3 is 2.61 bits per heavy atom. The molecule has 8 atom stereocenters. The summed E-state index contributed by atoms with van der Waals surface area (Å²) < 4.78 is 0. The molecule has 0 aromatic carbocycles. The summed E-state index contributed by atoms with van der Waals surface area (Å²) in [5.41, 5.74) is 2.58. The van der Waals surface area contributed by atoms with Gasteiger partial charge in [-0.15, -0.1) is 0 Å². The molecule has 4 aliphatic carbocycles. The van der Waals surface area contributed by atoms with Crippen molar-refractivity contribution in [2.75, 3.05) is 13.2 Å². The van der Waals surface area contributed by atoms with Crippen LogP contribution in [0, 0.1) is 34.5 Å². The lowest BCUT2D eigenvalue weighted by molar-refractivity contribution is -0.150. The maximum absolute atomic E-state index is 12.5. The highest BCUT2D eigenvalue weighted by Gasteiger charge is 2.59. The van der Waals surface area contributed by atoms with Crippen LogP contribution < -0.4 is 0 Å². The average molecular weight is 501 g/mol. The number of hydrogen-bond donors (Lipinski definition) is 2. The van der Waals surface area contributed by atoms with Crippen molar-refractivity contribution in [2.45, 2.75) is 90.7 Å². The Labute approximate surface area is 213 Å². The summed E-state index contributed by atoms with van der Waals surface area (Å²) in [4.78, 5) is 42.8. The van der Waals surface area contributed by atoms with Crippen LogP contribution in [0.4, 0.5) is 0 Å². The molecule has 2 N–H and O–H groups in total. The average Bonchev–Trinajstić information content (AvgIpc) is 3.39. The van der Waals surface area contributed by atoms with Gasteiger partial charge in [0.2, 0.25) is 0 Å². The van der Waals surface area contributed by atoms with Crippen molar-refractivity contribution in [1.29, 1.82) is 0 Å². The van der Waals surface area contributed by atoms with Gasteiger partial charge in [-0.1, -0.05) is 24.6 Å². The number of ketones is 1. The Balaban J connectivity index is 1.24. The highest BCUT2D eigenvalue weighted by atomic mass is 16.6. The van der Waals surface area contributed by atoms with E-state index in [1.54, 1.807) is 6.92 Å². The maximum atomic E-state index is 12.5. The van der Waals surface area contributed by atoms with E-state index in [1.165, 1.54) is 23.3 Å². The minimum absolute atomic E-state index is 0.00783. The molecule has 8 nitrogen and oxygen atoms in total. The maximum Gasteiger partial charge on any atom is 0.326 e. The van der Waals surface area contributed by atoms with Crippen LogP contribution in [0.1, 0.15) is 78.6 Å². The molecule has 198 valence electrons. The molecule has 8 heteroatoms. The van der Waals surface area contributed by atoms with E-state index in [0.717, 1.165) is 44.2 Å². The van der Waals surface area contributed by atoms with Gasteiger partial charge in [-0.25, -0.2) is 4.79 Å². The number of amides is 1. The number of allylic oxidation sites excluding steroid dienone is 2. The fraction of sp³-hybridized carbons (Fsp3) is 0.786. The smallest absolute Gasteiger partial charge is 0.326 e. The summed E-state index contributed by atoms with van der Waals surface area (Å²) >= 11 is 0. The first-order valence-electron chi connectivity index (χ1n) is 13.6. The number of rotatable bonds is 5. The monoisotopic (exact) mass is 500 g/mol. The van der Waals surface area contributed by atoms with E-state index in [4.69, 9.17) is 4.84 Å². The Morgan fingerprint density at radius 1 is 1.11 bits per heavy atom. The lowest BCUT2D eigenvalue weighted by atomic mass is 9.46. The lowest BCUT2D eigenvalue weighted by Gasteiger charge is -2.58. The highest BCUT2D eigenvalue weighted by Crippen LogP contribution is 2.66. The molecule has 5 aliphatic rings. The topological polar surface area (TPSA) is 117 Å². The molecule has 0 aromatic heterocycles. The summed E-state index contributed by atoms with van der Waals surface area (Å²) in [6.45, 7) is 6.26. The molecule has 0 aromatic rings. The summed E-state index contributed by atoms with van der Waals surface area (Å²) in [5, 5.41) is 23.3. The number of Topliss-reactive ketones (excluding diaryl/α,β-unsaturated/α-hetero) is 1. The summed E-state index contributed by atoms with van der Waals surface area (Å²) in [6.07, 6.45) is 9.94. The molecular formula is C28H40N2O6. The van der Waals surface area contributed by atoms with Gasteiger partial charge in [-0.2, -0.15) is 0 Å². The number of β-amino-alcohol motifs (C(OH)–C–C–N with tert-alkyl or cyclic N) is 1. The Morgan fingerprint density at radius 2 is 1.89 bits per heavy atom. The largest absolute Gasteiger partial charge is 0.480 e. The second kappa shape index (κ2) is 9.26. The molecule has 0 unspecified atom stereocenters. The Kier molecular flexibility index (Phi) is 6.54. The number of hydrogen-bond acceptors (Lipinski definition) is 6. The zero-order chi connectivity index (χ0) is 25.8. The van der Waals surface area contributed by atoms with Gasteiger partial charge in [0.25, 0.3) is 5.91 Å². The highest BCUT2D eigenvalue weighted by molar-refractivity contribution is 5.96. The predicted octanol–water partition coefficient (Wildman–Crippen LogP) is 3.57. The molecule has 36 heavy (non-hydrogen) atoms. The third-order valence-corrected chi connectivity index (χ3v) is 10.7. The predicted molar refractivity (Wildman–Crippen MR) is 133 cm³/mol. The van der Waals surface area contributed by atoms with E-state index in [0.29, 0.717) is 23.5 Å². The molecule has 0 radical (unpaired) electrons. The molecule has 3 saturated carbocycles. The number of nitrogens with zero attached hydrogens (tertiary/aromatic N) is 2. The molecule has 5 rings (SSSR count). The Hall–Kier alpha value is -2.22. The number of aliphatic carboxylic acids is 1. The van der Waals surface area contributed by atoms with Gasteiger partial charge >= 0.3 is 5.97 Å². The zero-order valence-electron chi connectivity index (χ0n) is 21.7. The molecule has 1 heterocycles. The number of likely N-dealkylation sites (tertiary alicyclic amines) is 1. The third-order valence-electron chi connectivity index (χ3n) is 10.7. The van der Waals surface area contributed by atoms with E-state index in [-0.39, 0.29) is 36.3 Å². The number of aliphatic hydroxyl groups is 1. The quantitative estimate of drug-likeness (QED) is 0.558. The third kappa shape index (κ3) is 4.09. The van der Waals surface area contributed by atoms with Crippen LogP contribution in [0.5, 0.6) is 0 Å². The molecular weight excluding hydrogens is 460 g/mol. The van der Waals surface area contributed by atoms with Crippen LogP contribution in [-0.2, 0) is 19.2 Å². The molecule has 1 saturated heterocycles. The number of fused-ring (bicyclic) bond motifs is 5. The number of carboxylic acid groups (broad SMARTS) is 1. The van der Waals surface area contributed by atoms with Crippen LogP contribution >= 0.6 is 0 Å². The van der Waals surface area contributed by atoms with Gasteiger partial charge in [0.1, 0.15) is 11.8 Å². The number of oxime groups is 1. The van der Waals surface area contributed by atoms with Crippen molar-refractivity contribution in [3.63, 3.8) is 0 Å². The van der Waals surface area contributed by atoms with Crippen molar-refractivity contribution in [1.82, 2.24) is 4.90 Å². The van der Waals surface area contributed by atoms with Crippen LogP contribution in [0.3, 0.4) is 0 Å². The van der Waals surface area contributed by atoms with Crippen molar-refractivity contribution >= 4 is 23.4 Å². The van der Waals surface area contributed by atoms with Gasteiger partial charge in [0, 0.05) is 18.9 Å². The van der Waals surface area contributed by atoms with Crippen LogP contribution in [0.15, 0.2) is 16.8 Å². The van der Waals surface area contributed by atoms with E-state index >= 15 is 0 Å². The number of aliphatic hydroxyl groups excluding tert-OH is 1. The zero-order valence-corrected chi connectivity index (χ0v) is 21.7. The fourth-order valence-corrected chi connectivity index (χ4v) is 8.89. The number of carbonyl (C=O) groups excluding carboxylic acids is 2. The minimum Gasteiger partial charge on any atom is -0.480 e. The van der Waals surface area contributed by atoms with Gasteiger partial charge in [0.15, 0.2) is 6.61 Å². The van der Waals surface area contributed by atoms with Crippen LogP contribution in [-0.4, -0.2) is 63.8 Å². The lowest BCUT2D eigenvalue weighted by Crippen LogP contribution is -2.51. The van der Waals surface area contributed by atoms with Gasteiger partial charge in [-0.3, -0.25) is 9.59 Å². The van der Waals surface area contributed by atoms with Crippen molar-refractivity contribution in [3.05, 3.63) is 11.6 Å². The van der Waals surface area contributed by atoms with Gasteiger partial charge < -0.3 is 20.0 Å². The number of carboxylic acids is 1. The van der Waals surface area contributed by atoms with Crippen molar-refractivity contribution < 1.29 is 29.4 Å². The van der Waals surface area contributed by atoms with E-state index < -0.39 is 24.0 Å². The van der Waals surface area contributed by atoms with Gasteiger partial charge in [0.05, 0.1) is 11.8 Å². The van der Waals surface area contributed by atoms with Crippen LogP contribution in [0.2, 0.25) is 0 Å². The first-order valence-corrected chi connectivity index (χ1v) is 13.6. The van der Waals surface area contributed by atoms with E-state index in [9.17, 15) is 24.6 Å². The van der Waals surface area contributed by atoms with Crippen molar-refractivity contribution in [2.24, 2.45) is 39.7 Å². The molecule has 1 aliphatic heterocycles. The summed E-state index contributed by atoms with van der Waals surface area (Å²) in [5.74, 6) is 0.982. The fourth-order valence-electron chi connectivity index (χ4n) is 8.89. The number of carbonyl (C=O) groups is 3. The molecule has 4 fully saturated rings. The molecule has 1 amide bonds. The first kappa shape index (κ1) is 25.4. The van der Waals surface area contributed by atoms with Gasteiger partial charge in [-0.05, 0) is 93.0 Å². The summed E-state index contributed by atoms with van der Waals surface area (Å²) in [7, 11) is 0. The standard InChI is InChI=1S/C28H40N2O6/c1-16(31)21-6-7-22-20-5-4-17-12-18(8-10-27(17,2)23(20)9-11-28(21,22)3)29-36-15-25(33)30-14-19(32)13-24(30)26(34)35/h12,19-24,32H,4-11,13-15H2,1-3H3,(H,34,35)/b29-18+/t19-,20-,21+,22-,23-,24-,27+,28-/m1/s1. The van der Waals surface area contributed by atoms with Crippen molar-refractivity contribution in [3.8, 4) is 0 Å². The second-order valence-electron chi connectivity index (χ2n) is 12.4. The van der Waals surface area contributed by atoms with E-state index in [2.05, 4.69) is 25.1 Å². The normalized spacial score (nSPS) is 42.8. The van der Waals surface area contributed by atoms with E-state index in [1.807, 2.05) is 0 Å². The van der Waals surface area contributed by atoms with Crippen LogP contribution in [0.25, 0.3) is 0 Å². The molecule has 0 bridgehead atoms. The summed E-state index contributed by atoms with van der Waals surface area (Å²) in [6, 6.07) is -1.01. The SMILES string of the molecule is CC(=O)[C@@H]1CC[C@@H]2[C@H]3CCC4=C/C(=N/OCC(=O)N5C[C@H](O)C[C@@H]5C(=O)O)CC[C@]4(C)[C@@H]3CC[C@@]21C. The first-order chi connectivity index (χ1) is 17.0. The Bertz CT molecular complexity index is 1010. The second-order valence-corrected chi connectivity index (χ2v) is 12.4. The minimum atomic E-state index is -1.12. The molecule has 0 spiro atoms.